The molecule has 1 fully saturated rings. The van der Waals surface area contributed by atoms with Crippen LogP contribution < -0.4 is 9.47 Å². The van der Waals surface area contributed by atoms with Crippen LogP contribution in [0.1, 0.15) is 54.8 Å². The van der Waals surface area contributed by atoms with E-state index in [4.69, 9.17) is 9.47 Å². The van der Waals surface area contributed by atoms with Gasteiger partial charge in [0.25, 0.3) is 0 Å². The second-order valence-electron chi connectivity index (χ2n) is 8.83. The van der Waals surface area contributed by atoms with Crippen molar-refractivity contribution >= 4 is 21.9 Å². The van der Waals surface area contributed by atoms with Crippen molar-refractivity contribution in [2.45, 2.75) is 44.4 Å². The van der Waals surface area contributed by atoms with Crippen molar-refractivity contribution in [1.29, 1.82) is 0 Å². The van der Waals surface area contributed by atoms with Crippen LogP contribution >= 0.6 is 0 Å². The van der Waals surface area contributed by atoms with E-state index in [0.717, 1.165) is 4.31 Å². The minimum atomic E-state index is -3.83. The molecular formula is C24H29NO8S. The molecule has 3 rings (SSSR count). The zero-order chi connectivity index (χ0) is 25.1. The zero-order valence-electron chi connectivity index (χ0n) is 19.6. The van der Waals surface area contributed by atoms with Crippen LogP contribution in [0, 0.1) is 0 Å². The third-order valence-corrected chi connectivity index (χ3v) is 7.67. The Morgan fingerprint density at radius 1 is 1.12 bits per heavy atom. The van der Waals surface area contributed by atoms with E-state index in [1.807, 2.05) is 0 Å². The van der Waals surface area contributed by atoms with Crippen molar-refractivity contribution in [3.63, 3.8) is 0 Å². The molecule has 0 bridgehead atoms. The number of rotatable bonds is 8. The molecule has 2 aromatic rings. The average Bonchev–Trinajstić information content (AvgIpc) is 3.01. The van der Waals surface area contributed by atoms with E-state index in [1.165, 1.54) is 13.2 Å². The monoisotopic (exact) mass is 491 g/mol. The summed E-state index contributed by atoms with van der Waals surface area (Å²) in [6.45, 7) is 5.55. The van der Waals surface area contributed by atoms with Gasteiger partial charge >= 0.3 is 5.97 Å². The fraction of sp³-hybridized carbons (Fsp3) is 0.417. The molecule has 0 spiro atoms. The first-order chi connectivity index (χ1) is 16.0. The van der Waals surface area contributed by atoms with Crippen molar-refractivity contribution < 1.29 is 37.3 Å². The lowest BCUT2D eigenvalue weighted by Gasteiger charge is -2.30. The van der Waals surface area contributed by atoms with Crippen LogP contribution in [0.25, 0.3) is 0 Å². The Labute approximate surface area is 199 Å². The van der Waals surface area contributed by atoms with Gasteiger partial charge in [0.15, 0.2) is 0 Å². The van der Waals surface area contributed by atoms with Gasteiger partial charge in [-0.15, -0.1) is 0 Å². The standard InChI is InChI=1S/C24H29NO8S/c1-24(2,3)25-21(27)15-20(34(25,29)30)16-8-5-9-17(14-16)32-12-7-13-33-19-11-6-10-18(26)22(19)23(28)31-4/h5-6,8-11,14,20,26H,7,12-13,15H2,1-4H3. The number of nitrogens with zero attached hydrogens (tertiary/aromatic N) is 1. The molecule has 0 aromatic heterocycles. The number of sulfonamides is 1. The fourth-order valence-corrected chi connectivity index (χ4v) is 6.06. The largest absolute Gasteiger partial charge is 0.507 e. The number of hydrogen-bond acceptors (Lipinski definition) is 8. The molecule has 184 valence electrons. The predicted molar refractivity (Wildman–Crippen MR) is 124 cm³/mol. The molecule has 1 N–H and O–H groups in total. The van der Waals surface area contributed by atoms with Crippen LogP contribution in [0.2, 0.25) is 0 Å². The van der Waals surface area contributed by atoms with Gasteiger partial charge in [0, 0.05) is 6.42 Å². The third kappa shape index (κ3) is 5.27. The molecular weight excluding hydrogens is 462 g/mol. The molecule has 0 radical (unpaired) electrons. The van der Waals surface area contributed by atoms with Crippen molar-refractivity contribution in [2.75, 3.05) is 20.3 Å². The van der Waals surface area contributed by atoms with E-state index in [1.54, 1.807) is 57.2 Å². The summed E-state index contributed by atoms with van der Waals surface area (Å²) in [7, 11) is -2.62. The van der Waals surface area contributed by atoms with E-state index in [0.29, 0.717) is 17.7 Å². The maximum absolute atomic E-state index is 13.0. The predicted octanol–water partition coefficient (Wildman–Crippen LogP) is 3.43. The second-order valence-corrected chi connectivity index (χ2v) is 10.8. The van der Waals surface area contributed by atoms with E-state index < -0.39 is 32.7 Å². The molecule has 2 aromatic carbocycles. The molecule has 9 nitrogen and oxygen atoms in total. The first-order valence-corrected chi connectivity index (χ1v) is 12.3. The van der Waals surface area contributed by atoms with Crippen molar-refractivity contribution in [1.82, 2.24) is 4.31 Å². The highest BCUT2D eigenvalue weighted by Gasteiger charge is 2.49. The van der Waals surface area contributed by atoms with Gasteiger partial charge in [0.1, 0.15) is 28.1 Å². The molecule has 1 amide bonds. The molecule has 0 aliphatic carbocycles. The maximum atomic E-state index is 13.0. The Morgan fingerprint density at radius 2 is 1.79 bits per heavy atom. The van der Waals surface area contributed by atoms with Crippen LogP contribution in [0.15, 0.2) is 42.5 Å². The summed E-state index contributed by atoms with van der Waals surface area (Å²) >= 11 is 0. The van der Waals surface area contributed by atoms with Gasteiger partial charge in [-0.05, 0) is 50.6 Å². The number of ether oxygens (including phenoxy) is 3. The van der Waals surface area contributed by atoms with E-state index in [9.17, 15) is 23.1 Å². The van der Waals surface area contributed by atoms with Gasteiger partial charge in [-0.2, -0.15) is 0 Å². The number of amides is 1. The first kappa shape index (κ1) is 25.4. The lowest BCUT2D eigenvalue weighted by molar-refractivity contribution is -0.128. The zero-order valence-corrected chi connectivity index (χ0v) is 20.4. The number of phenols is 1. The van der Waals surface area contributed by atoms with E-state index >= 15 is 0 Å². The van der Waals surface area contributed by atoms with Gasteiger partial charge in [0.05, 0.1) is 32.3 Å². The average molecular weight is 492 g/mol. The van der Waals surface area contributed by atoms with Crippen molar-refractivity contribution in [3.8, 4) is 17.2 Å². The van der Waals surface area contributed by atoms with Crippen molar-refractivity contribution in [2.24, 2.45) is 0 Å². The number of carbonyl (C=O) groups excluding carboxylic acids is 2. The molecule has 1 saturated heterocycles. The highest BCUT2D eigenvalue weighted by Crippen LogP contribution is 2.40. The summed E-state index contributed by atoms with van der Waals surface area (Å²) < 4.78 is 43.0. The molecule has 10 heteroatoms. The fourth-order valence-electron chi connectivity index (χ4n) is 3.84. The summed E-state index contributed by atoms with van der Waals surface area (Å²) in [6.07, 6.45) is 0.349. The number of phenolic OH excluding ortho intramolecular Hbond substituents is 1. The summed E-state index contributed by atoms with van der Waals surface area (Å²) in [5.41, 5.74) is -0.381. The number of hydrogen-bond donors (Lipinski definition) is 1. The molecule has 1 unspecified atom stereocenters. The molecule has 1 heterocycles. The number of benzene rings is 2. The van der Waals surface area contributed by atoms with Crippen LogP contribution in [0.5, 0.6) is 17.2 Å². The van der Waals surface area contributed by atoms with Crippen LogP contribution in [0.3, 0.4) is 0 Å². The van der Waals surface area contributed by atoms with Gasteiger partial charge < -0.3 is 19.3 Å². The lowest BCUT2D eigenvalue weighted by atomic mass is 10.1. The minimum absolute atomic E-state index is 0.0461. The number of carbonyl (C=O) groups is 2. The minimum Gasteiger partial charge on any atom is -0.507 e. The Kier molecular flexibility index (Phi) is 7.40. The molecule has 34 heavy (non-hydrogen) atoms. The number of aromatic hydroxyl groups is 1. The Morgan fingerprint density at radius 3 is 2.44 bits per heavy atom. The summed E-state index contributed by atoms with van der Waals surface area (Å²) in [5, 5.41) is 8.95. The van der Waals surface area contributed by atoms with Crippen LogP contribution in [-0.4, -0.2) is 55.6 Å². The third-order valence-electron chi connectivity index (χ3n) is 5.25. The number of methoxy groups -OCH3 is 1. The van der Waals surface area contributed by atoms with Gasteiger partial charge in [-0.3, -0.25) is 4.79 Å². The van der Waals surface area contributed by atoms with Crippen molar-refractivity contribution in [3.05, 3.63) is 53.6 Å². The quantitative estimate of drug-likeness (QED) is 0.441. The Bertz CT molecular complexity index is 1170. The topological polar surface area (TPSA) is 119 Å². The SMILES string of the molecule is COC(=O)c1c(O)cccc1OCCCOc1cccc(C2CC(=O)N(C(C)(C)C)S2(=O)=O)c1. The molecule has 1 aliphatic rings. The summed E-state index contributed by atoms with van der Waals surface area (Å²) in [4.78, 5) is 24.3. The van der Waals surface area contributed by atoms with E-state index in [-0.39, 0.29) is 36.7 Å². The second kappa shape index (κ2) is 9.92. The Balaban J connectivity index is 1.60. The lowest BCUT2D eigenvalue weighted by Crippen LogP contribution is -2.45. The smallest absolute Gasteiger partial charge is 0.345 e. The maximum Gasteiger partial charge on any atom is 0.345 e. The molecule has 1 aliphatic heterocycles. The molecule has 0 saturated carbocycles. The van der Waals surface area contributed by atoms with Gasteiger partial charge in [-0.1, -0.05) is 18.2 Å². The highest BCUT2D eigenvalue weighted by atomic mass is 32.2. The molecule has 1 atom stereocenters. The summed E-state index contributed by atoms with van der Waals surface area (Å²) in [5.74, 6) is -0.677. The van der Waals surface area contributed by atoms with Gasteiger partial charge in [-0.25, -0.2) is 17.5 Å². The first-order valence-electron chi connectivity index (χ1n) is 10.8. The van der Waals surface area contributed by atoms with E-state index in [2.05, 4.69) is 4.74 Å². The van der Waals surface area contributed by atoms with Crippen LogP contribution in [-0.2, 0) is 19.6 Å². The normalized spacial score (nSPS) is 17.5. The van der Waals surface area contributed by atoms with Crippen LogP contribution in [0.4, 0.5) is 0 Å². The Hall–Kier alpha value is -3.27. The van der Waals surface area contributed by atoms with Gasteiger partial charge in [0.2, 0.25) is 15.9 Å². The number of esters is 1. The highest BCUT2D eigenvalue weighted by molar-refractivity contribution is 7.90. The summed E-state index contributed by atoms with van der Waals surface area (Å²) in [6, 6.07) is 11.2.